The third-order valence-corrected chi connectivity index (χ3v) is 1.76. The van der Waals surface area contributed by atoms with Crippen molar-refractivity contribution >= 4 is 11.8 Å². The van der Waals surface area contributed by atoms with E-state index in [1.165, 1.54) is 37.5 Å². The number of non-ortho nitro benzene ring substituents is 1. The van der Waals surface area contributed by atoms with Crippen LogP contribution in [0, 0.1) is 21.4 Å². The predicted octanol–water partition coefficient (Wildman–Crippen LogP) is 2.14. The number of hydrogen-bond donors (Lipinski definition) is 0. The minimum absolute atomic E-state index is 0.0339. The van der Waals surface area contributed by atoms with Crippen LogP contribution in [0.2, 0.25) is 0 Å². The summed E-state index contributed by atoms with van der Waals surface area (Å²) in [4.78, 5) is 10.0. The number of nitro groups is 1. The van der Waals surface area contributed by atoms with E-state index in [2.05, 4.69) is 0 Å². The molecule has 1 aromatic rings. The van der Waals surface area contributed by atoms with Gasteiger partial charge in [0.25, 0.3) is 5.69 Å². The summed E-state index contributed by atoms with van der Waals surface area (Å²) in [5.74, 6) is 0.493. The summed E-state index contributed by atoms with van der Waals surface area (Å²) in [6, 6.07) is 6.01. The molecule has 0 spiro atoms. The Kier molecular flexibility index (Phi) is 3.41. The Balaban J connectivity index is 3.20. The molecule has 0 fully saturated rings. The monoisotopic (exact) mass is 204 g/mol. The molecule has 0 bridgehead atoms. The average molecular weight is 204 g/mol. The van der Waals surface area contributed by atoms with Crippen molar-refractivity contribution in [3.63, 3.8) is 0 Å². The van der Waals surface area contributed by atoms with E-state index in [9.17, 15) is 10.1 Å². The number of methoxy groups -OCH3 is 1. The third kappa shape index (κ3) is 2.54. The molecule has 1 aromatic carbocycles. The van der Waals surface area contributed by atoms with Crippen molar-refractivity contribution in [2.24, 2.45) is 0 Å². The topological polar surface area (TPSA) is 76.2 Å². The summed E-state index contributed by atoms with van der Waals surface area (Å²) in [6.45, 7) is 0. The van der Waals surface area contributed by atoms with E-state index in [-0.39, 0.29) is 5.69 Å². The molecule has 5 nitrogen and oxygen atoms in total. The van der Waals surface area contributed by atoms with Crippen molar-refractivity contribution in [1.82, 2.24) is 0 Å². The van der Waals surface area contributed by atoms with E-state index in [4.69, 9.17) is 10.00 Å². The maximum Gasteiger partial charge on any atom is 0.270 e. The predicted molar refractivity (Wildman–Crippen MR) is 54.3 cm³/mol. The number of nitriles is 1. The number of hydrogen-bond acceptors (Lipinski definition) is 4. The summed E-state index contributed by atoms with van der Waals surface area (Å²) < 4.78 is 4.99. The van der Waals surface area contributed by atoms with Crippen molar-refractivity contribution in [3.05, 3.63) is 40.0 Å². The Hall–Kier alpha value is -2.35. The molecular formula is C10H8N2O3. The summed E-state index contributed by atoms with van der Waals surface area (Å²) in [6.07, 6.45) is 2.70. The second-order valence-corrected chi connectivity index (χ2v) is 2.65. The van der Waals surface area contributed by atoms with Gasteiger partial charge in [-0.2, -0.15) is 5.26 Å². The van der Waals surface area contributed by atoms with Crippen LogP contribution in [0.25, 0.3) is 6.08 Å². The van der Waals surface area contributed by atoms with Gasteiger partial charge in [-0.25, -0.2) is 0 Å². The van der Waals surface area contributed by atoms with Gasteiger partial charge in [0.15, 0.2) is 0 Å². The SMILES string of the molecule is COc1ccc([N+](=O)[O-])cc1/C=C\C#N. The van der Waals surface area contributed by atoms with E-state index in [0.717, 1.165) is 0 Å². The highest BCUT2D eigenvalue weighted by Crippen LogP contribution is 2.24. The minimum Gasteiger partial charge on any atom is -0.496 e. The largest absolute Gasteiger partial charge is 0.496 e. The van der Waals surface area contributed by atoms with Crippen LogP contribution in [0.4, 0.5) is 5.69 Å². The molecule has 0 heterocycles. The van der Waals surface area contributed by atoms with E-state index in [1.54, 1.807) is 0 Å². The first kappa shape index (κ1) is 10.7. The Morgan fingerprint density at radius 1 is 1.60 bits per heavy atom. The number of nitro benzene ring substituents is 1. The summed E-state index contributed by atoms with van der Waals surface area (Å²) in [7, 11) is 1.46. The van der Waals surface area contributed by atoms with E-state index >= 15 is 0 Å². The van der Waals surface area contributed by atoms with Gasteiger partial charge in [0, 0.05) is 23.8 Å². The Labute approximate surface area is 86.4 Å². The smallest absolute Gasteiger partial charge is 0.270 e. The summed E-state index contributed by atoms with van der Waals surface area (Å²) >= 11 is 0. The number of allylic oxidation sites excluding steroid dienone is 1. The lowest BCUT2D eigenvalue weighted by Gasteiger charge is -2.03. The van der Waals surface area contributed by atoms with Crippen LogP contribution in [-0.2, 0) is 0 Å². The second-order valence-electron chi connectivity index (χ2n) is 2.65. The van der Waals surface area contributed by atoms with Gasteiger partial charge < -0.3 is 4.74 Å². The fourth-order valence-corrected chi connectivity index (χ4v) is 1.09. The Morgan fingerprint density at radius 2 is 2.33 bits per heavy atom. The summed E-state index contributed by atoms with van der Waals surface area (Å²) in [5.41, 5.74) is 0.474. The molecule has 0 aliphatic heterocycles. The molecular weight excluding hydrogens is 196 g/mol. The van der Waals surface area contributed by atoms with Crippen LogP contribution in [0.3, 0.4) is 0 Å². The van der Waals surface area contributed by atoms with E-state index in [1.807, 2.05) is 6.07 Å². The van der Waals surface area contributed by atoms with E-state index < -0.39 is 4.92 Å². The Morgan fingerprint density at radius 3 is 2.87 bits per heavy atom. The van der Waals surface area contributed by atoms with Gasteiger partial charge in [0.1, 0.15) is 5.75 Å². The highest BCUT2D eigenvalue weighted by Gasteiger charge is 2.08. The van der Waals surface area contributed by atoms with E-state index in [0.29, 0.717) is 11.3 Å². The van der Waals surface area contributed by atoms with Gasteiger partial charge in [0.05, 0.1) is 18.1 Å². The van der Waals surface area contributed by atoms with Crippen LogP contribution in [0.5, 0.6) is 5.75 Å². The zero-order chi connectivity index (χ0) is 11.3. The first-order chi connectivity index (χ1) is 7.19. The summed E-state index contributed by atoms with van der Waals surface area (Å²) in [5, 5.41) is 18.9. The molecule has 0 N–H and O–H groups in total. The standard InChI is InChI=1S/C10H8N2O3/c1-15-10-5-4-9(12(13)14)7-8(10)3-2-6-11/h2-5,7H,1H3/b3-2-. The molecule has 0 saturated heterocycles. The fraction of sp³-hybridized carbons (Fsp3) is 0.100. The van der Waals surface area contributed by atoms with Crippen LogP contribution in [0.1, 0.15) is 5.56 Å². The molecule has 0 aliphatic rings. The second kappa shape index (κ2) is 4.77. The normalized spacial score (nSPS) is 9.87. The van der Waals surface area contributed by atoms with Crippen molar-refractivity contribution in [2.75, 3.05) is 7.11 Å². The highest BCUT2D eigenvalue weighted by atomic mass is 16.6. The molecule has 15 heavy (non-hydrogen) atoms. The molecule has 5 heteroatoms. The van der Waals surface area contributed by atoms with Crippen LogP contribution < -0.4 is 4.74 Å². The number of ether oxygens (including phenoxy) is 1. The molecule has 0 aromatic heterocycles. The quantitative estimate of drug-likeness (QED) is 0.429. The Bertz CT molecular complexity index is 446. The van der Waals surface area contributed by atoms with Crippen molar-refractivity contribution in [2.45, 2.75) is 0 Å². The van der Waals surface area contributed by atoms with Crippen LogP contribution in [-0.4, -0.2) is 12.0 Å². The molecule has 0 amide bonds. The lowest BCUT2D eigenvalue weighted by Crippen LogP contribution is -1.91. The molecule has 0 radical (unpaired) electrons. The maximum absolute atomic E-state index is 10.5. The molecule has 0 atom stereocenters. The van der Waals surface area contributed by atoms with Crippen molar-refractivity contribution in [3.8, 4) is 11.8 Å². The van der Waals surface area contributed by atoms with Gasteiger partial charge in [-0.1, -0.05) is 0 Å². The van der Waals surface area contributed by atoms with Crippen molar-refractivity contribution in [1.29, 1.82) is 5.26 Å². The average Bonchev–Trinajstić information content (AvgIpc) is 2.25. The molecule has 76 valence electrons. The molecule has 1 rings (SSSR count). The first-order valence-corrected chi connectivity index (χ1v) is 4.07. The zero-order valence-corrected chi connectivity index (χ0v) is 8.01. The number of rotatable bonds is 3. The fourth-order valence-electron chi connectivity index (χ4n) is 1.09. The molecule has 0 aliphatic carbocycles. The number of benzene rings is 1. The van der Waals surface area contributed by atoms with Gasteiger partial charge >= 0.3 is 0 Å². The van der Waals surface area contributed by atoms with Gasteiger partial charge in [0.2, 0.25) is 0 Å². The third-order valence-electron chi connectivity index (χ3n) is 1.76. The zero-order valence-electron chi connectivity index (χ0n) is 8.01. The van der Waals surface area contributed by atoms with Gasteiger partial charge in [-0.3, -0.25) is 10.1 Å². The van der Waals surface area contributed by atoms with Crippen LogP contribution in [0.15, 0.2) is 24.3 Å². The van der Waals surface area contributed by atoms with Gasteiger partial charge in [-0.15, -0.1) is 0 Å². The minimum atomic E-state index is -0.497. The van der Waals surface area contributed by atoms with Gasteiger partial charge in [-0.05, 0) is 12.1 Å². The van der Waals surface area contributed by atoms with Crippen molar-refractivity contribution < 1.29 is 9.66 Å². The maximum atomic E-state index is 10.5. The molecule has 0 saturated carbocycles. The lowest BCUT2D eigenvalue weighted by molar-refractivity contribution is -0.384. The number of nitrogens with zero attached hydrogens (tertiary/aromatic N) is 2. The van der Waals surface area contributed by atoms with Crippen LogP contribution >= 0.6 is 0 Å². The lowest BCUT2D eigenvalue weighted by atomic mass is 10.1. The first-order valence-electron chi connectivity index (χ1n) is 4.07. The highest BCUT2D eigenvalue weighted by molar-refractivity contribution is 5.62. The molecule has 0 unspecified atom stereocenters.